The van der Waals surface area contributed by atoms with E-state index in [-0.39, 0.29) is 127 Å². The third-order valence-electron chi connectivity index (χ3n) is 16.4. The van der Waals surface area contributed by atoms with Crippen LogP contribution in [0.3, 0.4) is 0 Å². The molecule has 83 heavy (non-hydrogen) atoms. The summed E-state index contributed by atoms with van der Waals surface area (Å²) in [4.78, 5) is 39.4. The summed E-state index contributed by atoms with van der Waals surface area (Å²) in [6, 6.07) is 15.8. The summed E-state index contributed by atoms with van der Waals surface area (Å²) in [5.41, 5.74) is -10.4. The molecule has 6 unspecified atom stereocenters. The first-order valence-corrected chi connectivity index (χ1v) is 36.9. The van der Waals surface area contributed by atoms with E-state index in [1.807, 2.05) is 0 Å². The smallest absolute Gasteiger partial charge is 0.850 e. The van der Waals surface area contributed by atoms with Gasteiger partial charge >= 0.3 is 51.4 Å². The summed E-state index contributed by atoms with van der Waals surface area (Å²) < 4.78 is 156. The molecule has 3 aromatic rings. The summed E-state index contributed by atoms with van der Waals surface area (Å²) in [5.74, 6) is -3.04. The van der Waals surface area contributed by atoms with Gasteiger partial charge in [0, 0.05) is 18.1 Å². The van der Waals surface area contributed by atoms with Crippen molar-refractivity contribution in [2.75, 3.05) is 6.26 Å². The number of hydrogen-bond acceptors (Lipinski definition) is 8. The number of carbonyl (C=O) groups is 3. The number of fused-ring (bicyclic) bond motifs is 1. The Labute approximate surface area is 530 Å². The summed E-state index contributed by atoms with van der Waals surface area (Å²) >= 11 is 0. The first kappa shape index (κ1) is 74.6. The Morgan fingerprint density at radius 2 is 1.12 bits per heavy atom. The van der Waals surface area contributed by atoms with Crippen molar-refractivity contribution in [3.63, 3.8) is 0 Å². The standard InChI is InChI=1S/C20H30F3NO4SSi.C19H28F3NO2Si.C16H18F3NO.C4H9O.K/c1-6-19(20(22,23)30(3,4)5)13-16(24-18(19)25)10-11-17(28-29(2,26)27)14-8-7-9-15(21)12-14;1-5-18(19(21,22)26(2,3)4)12-15(23-17(18)25)9-10-16(24)13-7-6-8-14(20)11-13;1-2-16(14(18)19)9-12-6-7-13(20(12)15(16)21)10-4-3-5-11(17)8-10;1-4(2,3)5;/h7-9,12,16-17H,6,10-11,13H2,1-5H3,(H,24,25);6-8,11,15-16,24H,5,9-10,12H2,1-4H3,(H,23,25);3-5,8,12-14H,2,6-7,9H2,1H3;1-3H3;/q;;;-1;+1/t16-,17?,19?;15-,16?,18?;12-,13?,16?;;/m000../s1. The van der Waals surface area contributed by atoms with E-state index >= 15 is 17.6 Å². The molecule has 9 atom stereocenters. The van der Waals surface area contributed by atoms with Gasteiger partial charge in [0.1, 0.15) is 55.9 Å². The van der Waals surface area contributed by atoms with Crippen LogP contribution in [0.2, 0.25) is 39.3 Å². The zero-order chi connectivity index (χ0) is 62.4. The molecule has 0 radical (unpaired) electrons. The Morgan fingerprint density at radius 3 is 1.52 bits per heavy atom. The van der Waals surface area contributed by atoms with Gasteiger partial charge in [0.05, 0.1) is 18.4 Å². The van der Waals surface area contributed by atoms with Crippen LogP contribution in [0.25, 0.3) is 0 Å². The molecule has 4 aliphatic rings. The van der Waals surface area contributed by atoms with Crippen molar-refractivity contribution >= 4 is 44.0 Å². The fourth-order valence-electron chi connectivity index (χ4n) is 11.8. The SMILES string of the molecule is CC(C)(C)[O-].CCC1(C(F)(F)[Si](C)(C)C)C[C@H](CCC(O)c2cccc(F)c2)NC1=O.CCC1(C(F)(F)[Si](C)(C)C)C[C@H](CCC(OS(C)(=O)=O)c2cccc(F)c2)NC1=O.CCC1(C(F)F)C[C@@H]2CCC(c3cccc(F)c3)N2C1=O.[K+]. The normalized spacial score (nSPS) is 25.4. The van der Waals surface area contributed by atoms with Crippen LogP contribution in [0, 0.1) is 33.7 Å². The van der Waals surface area contributed by atoms with E-state index in [0.29, 0.717) is 36.0 Å². The van der Waals surface area contributed by atoms with Crippen molar-refractivity contribution in [3.05, 3.63) is 107 Å². The van der Waals surface area contributed by atoms with Gasteiger partial charge in [-0.1, -0.05) is 117 Å². The first-order chi connectivity index (χ1) is 37.6. The molecule has 0 aromatic heterocycles. The molecule has 4 heterocycles. The Kier molecular flexibility index (Phi) is 26.2. The monoisotopic (exact) mass is 1260 g/mol. The van der Waals surface area contributed by atoms with E-state index in [0.717, 1.165) is 6.26 Å². The number of halogens is 9. The van der Waals surface area contributed by atoms with Crippen LogP contribution in [-0.4, -0.2) is 99.8 Å². The van der Waals surface area contributed by atoms with Crippen LogP contribution in [0.5, 0.6) is 0 Å². The molecule has 24 heteroatoms. The largest absolute Gasteiger partial charge is 1.00 e. The van der Waals surface area contributed by atoms with Crippen molar-refractivity contribution in [2.45, 2.75) is 217 Å². The summed E-state index contributed by atoms with van der Waals surface area (Å²) in [6.45, 7) is 19.2. The molecular formula is C59H85F9KN3O8SSi2. The molecule has 3 amide bonds. The number of nitrogens with zero attached hydrogens (tertiary/aromatic N) is 1. The van der Waals surface area contributed by atoms with Gasteiger partial charge in [-0.3, -0.25) is 18.6 Å². The van der Waals surface area contributed by atoms with Crippen molar-refractivity contribution in [1.82, 2.24) is 15.5 Å². The molecule has 4 saturated heterocycles. The number of nitrogens with one attached hydrogen (secondary N) is 2. The van der Waals surface area contributed by atoms with E-state index in [9.17, 15) is 55.0 Å². The maximum Gasteiger partial charge on any atom is 1.00 e. The quantitative estimate of drug-likeness (QED) is 0.0607. The fourth-order valence-corrected chi connectivity index (χ4v) is 16.0. The van der Waals surface area contributed by atoms with E-state index in [4.69, 9.17) is 4.18 Å². The second-order valence-corrected chi connectivity index (χ2v) is 37.3. The van der Waals surface area contributed by atoms with Crippen molar-refractivity contribution in [2.24, 2.45) is 16.2 Å². The number of aliphatic hydroxyl groups is 1. The molecule has 0 spiro atoms. The number of hydrogen-bond donors (Lipinski definition) is 3. The molecule has 0 saturated carbocycles. The molecule has 3 N–H and O–H groups in total. The van der Waals surface area contributed by atoms with Crippen LogP contribution in [0.15, 0.2) is 72.8 Å². The zero-order valence-corrected chi connectivity index (χ0v) is 56.5. The summed E-state index contributed by atoms with van der Waals surface area (Å²) in [6.07, 6.45) is -0.712. The minimum Gasteiger partial charge on any atom is -0.850 e. The Balaban J connectivity index is 0.000000315. The second kappa shape index (κ2) is 29.1. The topological polar surface area (TPSA) is 165 Å². The van der Waals surface area contributed by atoms with Gasteiger partial charge < -0.3 is 25.7 Å². The number of carbonyl (C=O) groups excluding carboxylic acids is 3. The van der Waals surface area contributed by atoms with Crippen LogP contribution in [-0.2, 0) is 28.7 Å². The van der Waals surface area contributed by atoms with Crippen LogP contribution >= 0.6 is 0 Å². The minimum atomic E-state index is -3.84. The van der Waals surface area contributed by atoms with Gasteiger partial charge in [0.2, 0.25) is 28.8 Å². The molecular weight excluding hydrogens is 1180 g/mol. The number of benzene rings is 3. The minimum absolute atomic E-state index is 0. The van der Waals surface area contributed by atoms with Crippen LogP contribution in [0.4, 0.5) is 39.5 Å². The molecule has 7 rings (SSSR count). The molecule has 11 nitrogen and oxygen atoms in total. The maximum absolute atomic E-state index is 15.3. The molecule has 3 aromatic carbocycles. The van der Waals surface area contributed by atoms with E-state index in [2.05, 4.69) is 10.6 Å². The van der Waals surface area contributed by atoms with Gasteiger partial charge in [-0.05, 0) is 130 Å². The fraction of sp³-hybridized carbons (Fsp3) is 0.644. The van der Waals surface area contributed by atoms with Gasteiger partial charge in [0.25, 0.3) is 16.5 Å². The number of alkyl halides is 6. The Hall–Kier alpha value is -2.66. The molecule has 0 aliphatic carbocycles. The van der Waals surface area contributed by atoms with Crippen LogP contribution < -0.4 is 67.1 Å². The zero-order valence-electron chi connectivity index (χ0n) is 50.5. The van der Waals surface area contributed by atoms with Crippen molar-refractivity contribution < 1.29 is 128 Å². The third-order valence-corrected chi connectivity index (χ3v) is 21.7. The van der Waals surface area contributed by atoms with E-state index in [1.165, 1.54) is 48.5 Å². The molecule has 462 valence electrons. The Morgan fingerprint density at radius 1 is 0.699 bits per heavy atom. The average Bonchev–Trinajstić information content (AvgIpc) is 2.08. The number of rotatable bonds is 19. The predicted octanol–water partition coefficient (Wildman–Crippen LogP) is 9.93. The number of aliphatic hydroxyl groups excluding tert-OH is 1. The van der Waals surface area contributed by atoms with Gasteiger partial charge in [-0.25, -0.2) is 39.5 Å². The Bertz CT molecular complexity index is 2780. The van der Waals surface area contributed by atoms with E-state index < -0.39 is 119 Å². The van der Waals surface area contributed by atoms with Gasteiger partial charge in [-0.15, -0.1) is 5.60 Å². The average molecular weight is 1260 g/mol. The van der Waals surface area contributed by atoms with Gasteiger partial charge in [-0.2, -0.15) is 8.42 Å². The molecule has 4 aliphatic heterocycles. The molecule has 0 bridgehead atoms. The third kappa shape index (κ3) is 17.8. The molecule has 4 fully saturated rings. The summed E-state index contributed by atoms with van der Waals surface area (Å²) in [5, 5.41) is 25.7. The number of amides is 3. The first-order valence-electron chi connectivity index (χ1n) is 28.1. The maximum atomic E-state index is 15.3. The predicted molar refractivity (Wildman–Crippen MR) is 302 cm³/mol. The van der Waals surface area contributed by atoms with Crippen LogP contribution in [0.1, 0.15) is 154 Å². The van der Waals surface area contributed by atoms with E-state index in [1.54, 1.807) is 110 Å². The second-order valence-electron chi connectivity index (χ2n) is 25.5. The van der Waals surface area contributed by atoms with Crippen molar-refractivity contribution in [1.29, 1.82) is 0 Å². The van der Waals surface area contributed by atoms with Crippen molar-refractivity contribution in [3.8, 4) is 0 Å². The van der Waals surface area contributed by atoms with Gasteiger partial charge in [0.15, 0.2) is 0 Å². The summed E-state index contributed by atoms with van der Waals surface area (Å²) in [7, 11) is -9.73.